The van der Waals surface area contributed by atoms with Crippen molar-refractivity contribution >= 4 is 58.2 Å². The summed E-state index contributed by atoms with van der Waals surface area (Å²) in [6.45, 7) is 3.94. The van der Waals surface area contributed by atoms with E-state index >= 15 is 0 Å². The van der Waals surface area contributed by atoms with E-state index in [1.165, 1.54) is 15.9 Å². The Kier molecular flexibility index (Phi) is 8.47. The SMILES string of the molecule is CCOC(=O)C1=C(C)N=c2s/c(=C\c3cc(Cl)ccc3OCc3ccc(Cl)cc3)c(=O)n2[C@@H]1c1ccccc1Cl. The highest BCUT2D eigenvalue weighted by Gasteiger charge is 2.34. The van der Waals surface area contributed by atoms with Gasteiger partial charge in [-0.2, -0.15) is 0 Å². The lowest BCUT2D eigenvalue weighted by molar-refractivity contribution is -0.139. The monoisotopic (exact) mass is 612 g/mol. The number of esters is 1. The number of hydrogen-bond donors (Lipinski definition) is 0. The Morgan fingerprint density at radius 1 is 1.05 bits per heavy atom. The first-order chi connectivity index (χ1) is 19.3. The summed E-state index contributed by atoms with van der Waals surface area (Å²) in [5.74, 6) is 0.00640. The molecule has 0 saturated heterocycles. The summed E-state index contributed by atoms with van der Waals surface area (Å²) in [5.41, 5.74) is 2.57. The number of carbonyl (C=O) groups is 1. The minimum atomic E-state index is -0.800. The molecule has 204 valence electrons. The van der Waals surface area contributed by atoms with Gasteiger partial charge in [-0.25, -0.2) is 9.79 Å². The maximum atomic E-state index is 13.9. The molecule has 40 heavy (non-hydrogen) atoms. The molecule has 0 aliphatic carbocycles. The van der Waals surface area contributed by atoms with Crippen LogP contribution in [-0.2, 0) is 16.1 Å². The summed E-state index contributed by atoms with van der Waals surface area (Å²) in [6.07, 6.45) is 1.72. The molecule has 1 atom stereocenters. The maximum absolute atomic E-state index is 13.9. The third kappa shape index (κ3) is 5.74. The molecule has 1 aromatic heterocycles. The maximum Gasteiger partial charge on any atom is 0.338 e. The molecule has 1 aliphatic heterocycles. The molecule has 6 nitrogen and oxygen atoms in total. The lowest BCUT2D eigenvalue weighted by Gasteiger charge is -2.25. The molecule has 0 spiro atoms. The number of nitrogens with zero attached hydrogens (tertiary/aromatic N) is 2. The van der Waals surface area contributed by atoms with Gasteiger partial charge in [0.05, 0.1) is 22.4 Å². The van der Waals surface area contributed by atoms with E-state index in [1.54, 1.807) is 68.5 Å². The second-order valence-corrected chi connectivity index (χ2v) is 11.2. The van der Waals surface area contributed by atoms with Crippen molar-refractivity contribution in [3.05, 3.63) is 129 Å². The van der Waals surface area contributed by atoms with E-state index in [9.17, 15) is 9.59 Å². The van der Waals surface area contributed by atoms with E-state index in [4.69, 9.17) is 44.3 Å². The van der Waals surface area contributed by atoms with Crippen LogP contribution in [0.3, 0.4) is 0 Å². The van der Waals surface area contributed by atoms with Gasteiger partial charge in [0, 0.05) is 20.6 Å². The highest BCUT2D eigenvalue weighted by Crippen LogP contribution is 2.34. The standard InChI is InChI=1S/C30H23Cl3N2O4S/c1-3-38-29(37)26-17(2)34-30-35(27(26)22-6-4-5-7-23(22)33)28(36)25(40-30)15-19-14-21(32)12-13-24(19)39-16-18-8-10-20(31)11-9-18/h4-15,27H,3,16H2,1-2H3/b25-15-/t27-/m1/s1. The minimum Gasteiger partial charge on any atom is -0.488 e. The Morgan fingerprint density at radius 3 is 2.50 bits per heavy atom. The summed E-state index contributed by atoms with van der Waals surface area (Å²) >= 11 is 20.1. The predicted octanol–water partition coefficient (Wildman–Crippen LogP) is 6.34. The van der Waals surface area contributed by atoms with E-state index < -0.39 is 12.0 Å². The van der Waals surface area contributed by atoms with E-state index in [2.05, 4.69) is 4.99 Å². The van der Waals surface area contributed by atoms with Crippen molar-refractivity contribution in [1.29, 1.82) is 0 Å². The van der Waals surface area contributed by atoms with Crippen molar-refractivity contribution in [2.45, 2.75) is 26.5 Å². The zero-order valence-electron chi connectivity index (χ0n) is 21.5. The smallest absolute Gasteiger partial charge is 0.338 e. The molecule has 5 rings (SSSR count). The van der Waals surface area contributed by atoms with Crippen LogP contribution in [0.4, 0.5) is 0 Å². The molecule has 0 bridgehead atoms. The van der Waals surface area contributed by atoms with Gasteiger partial charge in [0.25, 0.3) is 5.56 Å². The zero-order chi connectivity index (χ0) is 28.4. The van der Waals surface area contributed by atoms with Crippen molar-refractivity contribution in [2.75, 3.05) is 6.61 Å². The van der Waals surface area contributed by atoms with Crippen molar-refractivity contribution in [3.63, 3.8) is 0 Å². The third-order valence-corrected chi connectivity index (χ3v) is 8.10. The van der Waals surface area contributed by atoms with Crippen LogP contribution in [0.5, 0.6) is 5.75 Å². The van der Waals surface area contributed by atoms with Crippen molar-refractivity contribution < 1.29 is 14.3 Å². The highest BCUT2D eigenvalue weighted by molar-refractivity contribution is 7.07. The first kappa shape index (κ1) is 28.2. The molecule has 0 amide bonds. The first-order valence-corrected chi connectivity index (χ1v) is 14.3. The van der Waals surface area contributed by atoms with Gasteiger partial charge in [-0.15, -0.1) is 0 Å². The summed E-state index contributed by atoms with van der Waals surface area (Å²) in [5, 5.41) is 1.56. The van der Waals surface area contributed by atoms with Crippen LogP contribution >= 0.6 is 46.1 Å². The summed E-state index contributed by atoms with van der Waals surface area (Å²) < 4.78 is 13.3. The number of aromatic nitrogens is 1. The van der Waals surface area contributed by atoms with Crippen LogP contribution in [0.2, 0.25) is 15.1 Å². The topological polar surface area (TPSA) is 69.9 Å². The zero-order valence-corrected chi connectivity index (χ0v) is 24.6. The molecule has 0 unspecified atom stereocenters. The average Bonchev–Trinajstić information content (AvgIpc) is 3.23. The average molecular weight is 614 g/mol. The third-order valence-electron chi connectivity index (χ3n) is 6.28. The fourth-order valence-corrected chi connectivity index (χ4v) is 6.01. The van der Waals surface area contributed by atoms with Crippen LogP contribution in [0.25, 0.3) is 6.08 Å². The second-order valence-electron chi connectivity index (χ2n) is 8.92. The van der Waals surface area contributed by atoms with Gasteiger partial charge >= 0.3 is 5.97 Å². The van der Waals surface area contributed by atoms with Crippen LogP contribution in [0.15, 0.2) is 87.8 Å². The second kappa shape index (κ2) is 12.0. The fraction of sp³-hybridized carbons (Fsp3) is 0.167. The fourth-order valence-electron chi connectivity index (χ4n) is 4.43. The Balaban J connectivity index is 1.63. The van der Waals surface area contributed by atoms with Crippen LogP contribution in [0, 0.1) is 0 Å². The number of fused-ring (bicyclic) bond motifs is 1. The van der Waals surface area contributed by atoms with E-state index in [1.807, 2.05) is 18.2 Å². The van der Waals surface area contributed by atoms with E-state index in [0.717, 1.165) is 5.56 Å². The van der Waals surface area contributed by atoms with Crippen molar-refractivity contribution in [1.82, 2.24) is 4.57 Å². The van der Waals surface area contributed by atoms with E-state index in [-0.39, 0.29) is 17.7 Å². The molecule has 2 heterocycles. The number of carbonyl (C=O) groups excluding carboxylic acids is 1. The number of rotatable bonds is 7. The Bertz CT molecular complexity index is 1810. The molecule has 3 aromatic carbocycles. The van der Waals surface area contributed by atoms with Gasteiger partial charge in [0.1, 0.15) is 18.4 Å². The van der Waals surface area contributed by atoms with Gasteiger partial charge < -0.3 is 9.47 Å². The highest BCUT2D eigenvalue weighted by atomic mass is 35.5. The molecule has 0 N–H and O–H groups in total. The van der Waals surface area contributed by atoms with E-state index in [0.29, 0.717) is 53.6 Å². The lowest BCUT2D eigenvalue weighted by atomic mass is 9.96. The summed E-state index contributed by atoms with van der Waals surface area (Å²) in [6, 6.07) is 18.9. The molecular formula is C30H23Cl3N2O4S. The van der Waals surface area contributed by atoms with Gasteiger partial charge in [0.15, 0.2) is 4.80 Å². The number of benzene rings is 3. The van der Waals surface area contributed by atoms with Crippen molar-refractivity contribution in [2.24, 2.45) is 4.99 Å². The van der Waals surface area contributed by atoms with Gasteiger partial charge in [-0.3, -0.25) is 9.36 Å². The number of halogens is 3. The Hall–Kier alpha value is -3.36. The van der Waals surface area contributed by atoms with Crippen molar-refractivity contribution in [3.8, 4) is 5.75 Å². The molecule has 0 fully saturated rings. The molecule has 0 saturated carbocycles. The molecule has 10 heteroatoms. The quantitative estimate of drug-likeness (QED) is 0.228. The predicted molar refractivity (Wildman–Crippen MR) is 159 cm³/mol. The number of allylic oxidation sites excluding steroid dienone is 1. The molecule has 1 aliphatic rings. The molecule has 4 aromatic rings. The van der Waals surface area contributed by atoms with Crippen LogP contribution in [0.1, 0.15) is 36.6 Å². The van der Waals surface area contributed by atoms with Gasteiger partial charge in [-0.1, -0.05) is 76.5 Å². The van der Waals surface area contributed by atoms with Crippen LogP contribution < -0.4 is 19.6 Å². The summed E-state index contributed by atoms with van der Waals surface area (Å²) in [4.78, 5) is 32.1. The van der Waals surface area contributed by atoms with Gasteiger partial charge in [-0.05, 0) is 67.4 Å². The van der Waals surface area contributed by atoms with Gasteiger partial charge in [0.2, 0.25) is 0 Å². The largest absolute Gasteiger partial charge is 0.488 e. The first-order valence-electron chi connectivity index (χ1n) is 12.4. The van der Waals surface area contributed by atoms with Crippen LogP contribution in [-0.4, -0.2) is 17.1 Å². The Labute approximate surface area is 249 Å². The summed E-state index contributed by atoms with van der Waals surface area (Å²) in [7, 11) is 0. The number of thiazole rings is 1. The number of ether oxygens (including phenoxy) is 2. The normalized spacial score (nSPS) is 15.0. The molecular weight excluding hydrogens is 591 g/mol. The molecule has 0 radical (unpaired) electrons. The minimum absolute atomic E-state index is 0.183. The Morgan fingerprint density at radius 2 is 1.77 bits per heavy atom. The number of hydrogen-bond acceptors (Lipinski definition) is 6. The lowest BCUT2D eigenvalue weighted by Crippen LogP contribution is -2.40.